The van der Waals surface area contributed by atoms with E-state index in [1.165, 1.54) is 19.2 Å². The van der Waals surface area contributed by atoms with Gasteiger partial charge in [0.25, 0.3) is 5.91 Å². The van der Waals surface area contributed by atoms with Crippen LogP contribution in [-0.4, -0.2) is 39.9 Å². The summed E-state index contributed by atoms with van der Waals surface area (Å²) in [5.74, 6) is -1.15. The number of aliphatic hydroxyl groups excluding tert-OH is 2. The lowest BCUT2D eigenvalue weighted by atomic mass is 10.0. The highest BCUT2D eigenvalue weighted by molar-refractivity contribution is 6.05. The summed E-state index contributed by atoms with van der Waals surface area (Å²) < 4.78 is 13.5. The summed E-state index contributed by atoms with van der Waals surface area (Å²) in [6, 6.07) is 5.67. The third-order valence-electron chi connectivity index (χ3n) is 3.03. The number of nitrogens with one attached hydrogen (secondary N) is 1. The number of rotatable bonds is 4. The van der Waals surface area contributed by atoms with Gasteiger partial charge in [-0.1, -0.05) is 6.07 Å². The van der Waals surface area contributed by atoms with Gasteiger partial charge in [0.15, 0.2) is 0 Å². The minimum absolute atomic E-state index is 0.0636. The van der Waals surface area contributed by atoms with E-state index in [4.69, 9.17) is 0 Å². The van der Waals surface area contributed by atoms with Crippen LogP contribution in [0.3, 0.4) is 0 Å². The lowest BCUT2D eigenvalue weighted by Crippen LogP contribution is -2.51. The highest BCUT2D eigenvalue weighted by Crippen LogP contribution is 2.19. The van der Waals surface area contributed by atoms with E-state index < -0.39 is 30.5 Å². The van der Waals surface area contributed by atoms with Crippen molar-refractivity contribution in [2.24, 2.45) is 0 Å². The van der Waals surface area contributed by atoms with E-state index in [1.807, 2.05) is 0 Å². The van der Waals surface area contributed by atoms with Crippen LogP contribution in [0.2, 0.25) is 0 Å². The molecular formula is C14H15FN2O3. The summed E-state index contributed by atoms with van der Waals surface area (Å²) in [6.07, 6.45) is 1.51. The number of hydrogen-bond donors (Lipinski definition) is 3. The van der Waals surface area contributed by atoms with E-state index >= 15 is 0 Å². The minimum atomic E-state index is -1.18. The molecule has 20 heavy (non-hydrogen) atoms. The molecule has 0 saturated carbocycles. The largest absolute Gasteiger partial charge is 0.394 e. The van der Waals surface area contributed by atoms with Gasteiger partial charge in [0.2, 0.25) is 0 Å². The molecule has 1 amide bonds. The summed E-state index contributed by atoms with van der Waals surface area (Å²) in [6.45, 7) is 0.617. The first-order chi connectivity index (χ1) is 9.49. The van der Waals surface area contributed by atoms with Crippen molar-refractivity contribution in [1.82, 2.24) is 10.3 Å². The highest BCUT2D eigenvalue weighted by atomic mass is 19.1. The molecule has 0 radical (unpaired) electrons. The third kappa shape index (κ3) is 2.76. The number of carbonyl (C=O) groups excluding carboxylic acids is 1. The second-order valence-corrected chi connectivity index (χ2v) is 4.86. The minimum Gasteiger partial charge on any atom is -0.394 e. The lowest BCUT2D eigenvalue weighted by Gasteiger charge is -2.26. The smallest absolute Gasteiger partial charge is 0.254 e. The van der Waals surface area contributed by atoms with E-state index in [9.17, 15) is 19.4 Å². The second kappa shape index (κ2) is 5.52. The molecule has 1 aromatic carbocycles. The molecular weight excluding hydrogens is 263 g/mol. The molecule has 1 aromatic heterocycles. The molecule has 2 aromatic rings. The van der Waals surface area contributed by atoms with Gasteiger partial charge in [0.1, 0.15) is 5.82 Å². The normalized spacial score (nSPS) is 11.6. The molecule has 0 bridgehead atoms. The van der Waals surface area contributed by atoms with Gasteiger partial charge in [-0.3, -0.25) is 9.78 Å². The Morgan fingerprint density at radius 3 is 2.75 bits per heavy atom. The predicted molar refractivity (Wildman–Crippen MR) is 71.7 cm³/mol. The number of nitrogens with zero attached hydrogens (tertiary/aromatic N) is 1. The fraction of sp³-hybridized carbons (Fsp3) is 0.286. The molecule has 0 spiro atoms. The van der Waals surface area contributed by atoms with Gasteiger partial charge < -0.3 is 15.5 Å². The van der Waals surface area contributed by atoms with Crippen LogP contribution in [0, 0.1) is 5.82 Å². The summed E-state index contributed by atoms with van der Waals surface area (Å²) in [4.78, 5) is 16.3. The summed E-state index contributed by atoms with van der Waals surface area (Å²) in [7, 11) is 0. The molecule has 0 aliphatic heterocycles. The molecule has 5 nitrogen and oxygen atoms in total. The quantitative estimate of drug-likeness (QED) is 0.774. The van der Waals surface area contributed by atoms with Crippen molar-refractivity contribution in [3.8, 4) is 0 Å². The molecule has 106 valence electrons. The van der Waals surface area contributed by atoms with Gasteiger partial charge in [-0.25, -0.2) is 4.39 Å². The number of pyridine rings is 1. The Morgan fingerprint density at radius 1 is 1.40 bits per heavy atom. The van der Waals surface area contributed by atoms with E-state index in [0.29, 0.717) is 10.9 Å². The molecule has 0 fully saturated rings. The van der Waals surface area contributed by atoms with Gasteiger partial charge >= 0.3 is 0 Å². The van der Waals surface area contributed by atoms with Crippen LogP contribution in [0.5, 0.6) is 0 Å². The number of carbonyl (C=O) groups is 1. The fourth-order valence-corrected chi connectivity index (χ4v) is 1.80. The van der Waals surface area contributed by atoms with Gasteiger partial charge in [-0.15, -0.1) is 0 Å². The van der Waals surface area contributed by atoms with Crippen molar-refractivity contribution in [3.63, 3.8) is 0 Å². The van der Waals surface area contributed by atoms with Crippen LogP contribution in [0.25, 0.3) is 10.9 Å². The molecule has 0 aliphatic rings. The zero-order chi connectivity index (χ0) is 14.8. The maximum absolute atomic E-state index is 13.5. The Labute approximate surface area is 115 Å². The maximum atomic E-state index is 13.5. The van der Waals surface area contributed by atoms with Gasteiger partial charge in [-0.05, 0) is 25.1 Å². The molecule has 0 aliphatic carbocycles. The fourth-order valence-electron chi connectivity index (χ4n) is 1.80. The average molecular weight is 278 g/mol. The van der Waals surface area contributed by atoms with Crippen molar-refractivity contribution in [2.75, 3.05) is 13.2 Å². The van der Waals surface area contributed by atoms with E-state index in [1.54, 1.807) is 12.1 Å². The third-order valence-corrected chi connectivity index (χ3v) is 3.03. The molecule has 2 rings (SSSR count). The summed E-state index contributed by atoms with van der Waals surface area (Å²) in [5.41, 5.74) is -0.747. The van der Waals surface area contributed by atoms with Crippen LogP contribution in [0.1, 0.15) is 17.3 Å². The Hall–Kier alpha value is -2.05. The van der Waals surface area contributed by atoms with E-state index in [2.05, 4.69) is 10.3 Å². The number of hydrogen-bond acceptors (Lipinski definition) is 4. The summed E-state index contributed by atoms with van der Waals surface area (Å²) >= 11 is 0. The van der Waals surface area contributed by atoms with Gasteiger partial charge in [0, 0.05) is 11.6 Å². The van der Waals surface area contributed by atoms with Crippen molar-refractivity contribution in [1.29, 1.82) is 0 Å². The zero-order valence-electron chi connectivity index (χ0n) is 10.9. The Bertz CT molecular complexity index is 641. The number of halogens is 1. The number of benzene rings is 1. The predicted octanol–water partition coefficient (Wildman–Crippen LogP) is 0.847. The number of amides is 1. The maximum Gasteiger partial charge on any atom is 0.254 e. The second-order valence-electron chi connectivity index (χ2n) is 4.86. The number of aliphatic hydroxyl groups is 2. The van der Waals surface area contributed by atoms with Crippen molar-refractivity contribution in [2.45, 2.75) is 12.5 Å². The van der Waals surface area contributed by atoms with Crippen LogP contribution in [0.15, 0.2) is 30.5 Å². The monoisotopic (exact) mass is 278 g/mol. The Morgan fingerprint density at radius 2 is 2.10 bits per heavy atom. The molecule has 1 heterocycles. The van der Waals surface area contributed by atoms with E-state index in [-0.39, 0.29) is 5.56 Å². The first-order valence-electron chi connectivity index (χ1n) is 6.07. The topological polar surface area (TPSA) is 82.5 Å². The highest BCUT2D eigenvalue weighted by Gasteiger charge is 2.26. The van der Waals surface area contributed by atoms with Gasteiger partial charge in [-0.2, -0.15) is 0 Å². The van der Waals surface area contributed by atoms with Crippen LogP contribution < -0.4 is 5.32 Å². The van der Waals surface area contributed by atoms with Crippen molar-refractivity contribution < 1.29 is 19.4 Å². The molecule has 6 heteroatoms. The lowest BCUT2D eigenvalue weighted by molar-refractivity contribution is 0.0725. The molecule has 0 saturated heterocycles. The van der Waals surface area contributed by atoms with Crippen molar-refractivity contribution in [3.05, 3.63) is 41.8 Å². The molecule has 3 N–H and O–H groups in total. The van der Waals surface area contributed by atoms with E-state index in [0.717, 1.165) is 6.07 Å². The van der Waals surface area contributed by atoms with Crippen LogP contribution in [-0.2, 0) is 0 Å². The standard InChI is InChI=1S/C14H15FN2O3/c1-14(7-18,8-19)17-13(20)11-6-10(15)5-9-3-2-4-16-12(9)11/h2-6,18-19H,7-8H2,1H3,(H,17,20). The first-order valence-corrected chi connectivity index (χ1v) is 6.07. The van der Waals surface area contributed by atoms with Crippen LogP contribution in [0.4, 0.5) is 4.39 Å². The van der Waals surface area contributed by atoms with Crippen molar-refractivity contribution >= 4 is 16.8 Å². The SMILES string of the molecule is CC(CO)(CO)NC(=O)c1cc(F)cc2cccnc12. The average Bonchev–Trinajstić information content (AvgIpc) is 2.46. The number of aromatic nitrogens is 1. The first kappa shape index (κ1) is 14.4. The van der Waals surface area contributed by atoms with Crippen LogP contribution >= 0.6 is 0 Å². The molecule has 0 unspecified atom stereocenters. The molecule has 0 atom stereocenters. The Balaban J connectivity index is 2.44. The Kier molecular flexibility index (Phi) is 3.96. The number of fused-ring (bicyclic) bond motifs is 1. The zero-order valence-corrected chi connectivity index (χ0v) is 10.9. The summed E-state index contributed by atoms with van der Waals surface area (Å²) in [5, 5.41) is 21.4. The van der Waals surface area contributed by atoms with Gasteiger partial charge in [0.05, 0.1) is 29.8 Å².